The van der Waals surface area contributed by atoms with E-state index in [1.807, 2.05) is 18.2 Å². The molecule has 1 fully saturated rings. The lowest BCUT2D eigenvalue weighted by Gasteiger charge is -2.32. The van der Waals surface area contributed by atoms with Crippen molar-refractivity contribution in [3.63, 3.8) is 0 Å². The molecular formula is C27H24N4O5. The van der Waals surface area contributed by atoms with Gasteiger partial charge in [0.25, 0.3) is 11.8 Å². The zero-order valence-electron chi connectivity index (χ0n) is 19.5. The lowest BCUT2D eigenvalue weighted by molar-refractivity contribution is -0.120. The molecule has 2 aromatic carbocycles. The number of hydrogen-bond donors (Lipinski definition) is 3. The maximum absolute atomic E-state index is 13.2. The zero-order valence-corrected chi connectivity index (χ0v) is 19.5. The number of ether oxygens (including phenoxy) is 2. The number of carbonyl (C=O) groups excluding carboxylic acids is 2. The van der Waals surface area contributed by atoms with Crippen molar-refractivity contribution in [1.29, 1.82) is 0 Å². The van der Waals surface area contributed by atoms with Gasteiger partial charge < -0.3 is 30.1 Å². The van der Waals surface area contributed by atoms with Crippen LogP contribution in [-0.4, -0.2) is 60.3 Å². The number of pyridine rings is 1. The van der Waals surface area contributed by atoms with Crippen LogP contribution in [0.15, 0.2) is 66.9 Å². The molecular weight excluding hydrogens is 460 g/mol. The predicted octanol–water partition coefficient (Wildman–Crippen LogP) is 1.71. The number of hydrogen-bond acceptors (Lipinski definition) is 7. The molecule has 3 N–H and O–H groups in total. The first-order valence-corrected chi connectivity index (χ1v) is 11.4. The Hall–Kier alpha value is -4.39. The number of nitrogens with zero attached hydrogens (tertiary/aromatic N) is 2. The molecule has 0 spiro atoms. The highest BCUT2D eigenvalue weighted by Crippen LogP contribution is 2.31. The number of fused-ring (bicyclic) bond motifs is 1. The highest BCUT2D eigenvalue weighted by molar-refractivity contribution is 6.03. The van der Waals surface area contributed by atoms with E-state index < -0.39 is 17.6 Å². The van der Waals surface area contributed by atoms with Crippen LogP contribution in [-0.2, 0) is 4.79 Å². The lowest BCUT2D eigenvalue weighted by Crippen LogP contribution is -2.58. The predicted molar refractivity (Wildman–Crippen MR) is 132 cm³/mol. The number of aliphatic hydroxyl groups is 1. The minimum Gasteiger partial charge on any atom is -0.489 e. The number of β-amino-alcohol motifs (C(OH)–C–C–N with tert-alkyl or cyclic N) is 1. The Kier molecular flexibility index (Phi) is 6.29. The monoisotopic (exact) mass is 484 g/mol. The van der Waals surface area contributed by atoms with E-state index in [9.17, 15) is 14.7 Å². The summed E-state index contributed by atoms with van der Waals surface area (Å²) < 4.78 is 11.6. The van der Waals surface area contributed by atoms with Gasteiger partial charge in [0.2, 0.25) is 0 Å². The Morgan fingerprint density at radius 2 is 2.00 bits per heavy atom. The third-order valence-corrected chi connectivity index (χ3v) is 5.88. The van der Waals surface area contributed by atoms with Crippen molar-refractivity contribution in [3.8, 4) is 29.1 Å². The van der Waals surface area contributed by atoms with E-state index in [1.165, 1.54) is 17.2 Å². The summed E-state index contributed by atoms with van der Waals surface area (Å²) in [5, 5.41) is 15.9. The van der Waals surface area contributed by atoms with Gasteiger partial charge in [-0.2, -0.15) is 0 Å². The van der Waals surface area contributed by atoms with Crippen LogP contribution in [0.5, 0.6) is 17.2 Å². The molecule has 9 heteroatoms. The second kappa shape index (κ2) is 9.70. The van der Waals surface area contributed by atoms with Crippen molar-refractivity contribution in [2.75, 3.05) is 31.6 Å². The Bertz CT molecular complexity index is 1360. The summed E-state index contributed by atoms with van der Waals surface area (Å²) in [6, 6.07) is 16.6. The van der Waals surface area contributed by atoms with Gasteiger partial charge in [0.15, 0.2) is 0 Å². The van der Waals surface area contributed by atoms with Gasteiger partial charge in [-0.3, -0.25) is 14.6 Å². The lowest BCUT2D eigenvalue weighted by atomic mass is 9.98. The fraction of sp³-hybridized carbons (Fsp3) is 0.222. The van der Waals surface area contributed by atoms with Crippen LogP contribution in [0, 0.1) is 11.8 Å². The molecule has 182 valence electrons. The van der Waals surface area contributed by atoms with Crippen LogP contribution in [0.3, 0.4) is 0 Å². The number of aromatic nitrogens is 1. The molecule has 0 aliphatic carbocycles. The first kappa shape index (κ1) is 23.4. The Labute approximate surface area is 208 Å². The van der Waals surface area contributed by atoms with Crippen molar-refractivity contribution in [1.82, 2.24) is 15.6 Å². The minimum absolute atomic E-state index is 0.0431. The van der Waals surface area contributed by atoms with Crippen molar-refractivity contribution < 1.29 is 24.2 Å². The van der Waals surface area contributed by atoms with Crippen LogP contribution < -0.4 is 25.0 Å². The molecule has 5 rings (SSSR count). The molecule has 1 atom stereocenters. The Morgan fingerprint density at radius 1 is 1.19 bits per heavy atom. The van der Waals surface area contributed by atoms with E-state index in [1.54, 1.807) is 43.4 Å². The van der Waals surface area contributed by atoms with Gasteiger partial charge in [0.05, 0.1) is 5.69 Å². The van der Waals surface area contributed by atoms with Crippen molar-refractivity contribution in [2.45, 2.75) is 11.6 Å². The molecule has 2 amide bonds. The molecule has 3 heterocycles. The number of anilines is 1. The molecule has 36 heavy (non-hydrogen) atoms. The maximum atomic E-state index is 13.2. The summed E-state index contributed by atoms with van der Waals surface area (Å²) in [5.74, 6) is 6.52. The number of para-hydroxylation sites is 1. The summed E-state index contributed by atoms with van der Waals surface area (Å²) in [5.41, 5.74) is 0.247. The van der Waals surface area contributed by atoms with E-state index >= 15 is 0 Å². The van der Waals surface area contributed by atoms with E-state index in [0.717, 1.165) is 0 Å². The summed E-state index contributed by atoms with van der Waals surface area (Å²) in [6.07, 6.45) is 1.47. The van der Waals surface area contributed by atoms with Crippen molar-refractivity contribution >= 4 is 17.5 Å². The molecule has 0 radical (unpaired) electrons. The molecule has 2 aliphatic rings. The smallest absolute Gasteiger partial charge is 0.270 e. The van der Waals surface area contributed by atoms with Gasteiger partial charge in [-0.25, -0.2) is 0 Å². The second-order valence-corrected chi connectivity index (χ2v) is 8.59. The van der Waals surface area contributed by atoms with Crippen LogP contribution in [0.4, 0.5) is 5.69 Å². The maximum Gasteiger partial charge on any atom is 0.270 e. The first-order chi connectivity index (χ1) is 17.4. The van der Waals surface area contributed by atoms with Gasteiger partial charge in [0, 0.05) is 38.0 Å². The fourth-order valence-electron chi connectivity index (χ4n) is 3.77. The number of amides is 2. The molecule has 1 saturated heterocycles. The number of nitrogens with one attached hydrogen (secondary N) is 2. The first-order valence-electron chi connectivity index (χ1n) is 11.4. The summed E-state index contributed by atoms with van der Waals surface area (Å²) in [4.78, 5) is 31.6. The quantitative estimate of drug-likeness (QED) is 0.484. The number of benzene rings is 2. The van der Waals surface area contributed by atoms with Crippen molar-refractivity contribution in [2.24, 2.45) is 0 Å². The highest BCUT2D eigenvalue weighted by atomic mass is 16.5. The third kappa shape index (κ3) is 5.00. The molecule has 2 aliphatic heterocycles. The Balaban J connectivity index is 1.29. The van der Waals surface area contributed by atoms with E-state index in [4.69, 9.17) is 9.47 Å². The molecule has 0 bridgehead atoms. The van der Waals surface area contributed by atoms with E-state index in [2.05, 4.69) is 27.5 Å². The standard InChI is InChI=1S/C27H24N4O5/c1-31-23-13-18(9-11-27(34)16-28-17-27)7-8-24(23)35-15-22(26(31)33)30-25(32)21-14-20(10-12-29-21)36-19-5-3-2-4-6-19/h2-8,10,12-14,22,28,34H,15-17H2,1H3,(H,30,32)/t22-/m1/s1. The summed E-state index contributed by atoms with van der Waals surface area (Å²) in [7, 11) is 1.61. The van der Waals surface area contributed by atoms with Crippen LogP contribution in [0.2, 0.25) is 0 Å². The molecule has 0 saturated carbocycles. The largest absolute Gasteiger partial charge is 0.489 e. The van der Waals surface area contributed by atoms with Crippen LogP contribution >= 0.6 is 0 Å². The minimum atomic E-state index is -1.03. The van der Waals surface area contributed by atoms with Gasteiger partial charge >= 0.3 is 0 Å². The van der Waals surface area contributed by atoms with Gasteiger partial charge in [-0.1, -0.05) is 30.0 Å². The average Bonchev–Trinajstić information content (AvgIpc) is 2.99. The summed E-state index contributed by atoms with van der Waals surface area (Å²) >= 11 is 0. The van der Waals surface area contributed by atoms with Gasteiger partial charge in [-0.05, 0) is 36.4 Å². The van der Waals surface area contributed by atoms with Crippen LogP contribution in [0.1, 0.15) is 16.1 Å². The average molecular weight is 485 g/mol. The molecule has 9 nitrogen and oxygen atoms in total. The SMILES string of the molecule is CN1C(=O)[C@H](NC(=O)c2cc(Oc3ccccc3)ccn2)COc2ccc(C#CC3(O)CNC3)cc21. The molecule has 0 unspecified atom stereocenters. The van der Waals surface area contributed by atoms with Gasteiger partial charge in [-0.15, -0.1) is 0 Å². The molecule has 3 aromatic rings. The number of rotatable bonds is 4. The Morgan fingerprint density at radius 3 is 2.75 bits per heavy atom. The van der Waals surface area contributed by atoms with E-state index in [0.29, 0.717) is 41.6 Å². The van der Waals surface area contributed by atoms with Crippen LogP contribution in [0.25, 0.3) is 0 Å². The molecule has 1 aromatic heterocycles. The fourth-order valence-corrected chi connectivity index (χ4v) is 3.77. The third-order valence-electron chi connectivity index (χ3n) is 5.88. The van der Waals surface area contributed by atoms with E-state index in [-0.39, 0.29) is 18.2 Å². The van der Waals surface area contributed by atoms with Gasteiger partial charge in [0.1, 0.15) is 41.2 Å². The highest BCUT2D eigenvalue weighted by Gasteiger charge is 2.33. The topological polar surface area (TPSA) is 113 Å². The normalized spacial score (nSPS) is 17.9. The summed E-state index contributed by atoms with van der Waals surface area (Å²) in [6.45, 7) is 0.798. The van der Waals surface area contributed by atoms with Crippen molar-refractivity contribution in [3.05, 3.63) is 78.1 Å². The number of likely N-dealkylation sites (N-methyl/N-ethyl adjacent to an activating group) is 1. The zero-order chi connectivity index (χ0) is 25.1. The number of carbonyl (C=O) groups is 2. The second-order valence-electron chi connectivity index (χ2n) is 8.59.